The standard InChI is InChI=1S/C19H22F2N3OP/c20-16-4-3-14(10-17(16)21)15-11-19(25)24(12-18(15)22)26-9-1-2-13-5-7-23-8-6-13/h3-8,10,15,18,26H,1-2,9,11-12,22H2. The topological polar surface area (TPSA) is 59.2 Å². The van der Waals surface area contributed by atoms with Gasteiger partial charge in [-0.3, -0.25) is 9.78 Å². The lowest BCUT2D eigenvalue weighted by molar-refractivity contribution is -0.128. The average molecular weight is 377 g/mol. The van der Waals surface area contributed by atoms with Crippen LogP contribution in [0.2, 0.25) is 0 Å². The van der Waals surface area contributed by atoms with Crippen molar-refractivity contribution in [1.82, 2.24) is 9.65 Å². The Kier molecular flexibility index (Phi) is 6.28. The van der Waals surface area contributed by atoms with Crippen LogP contribution in [0.1, 0.15) is 29.9 Å². The quantitative estimate of drug-likeness (QED) is 0.621. The molecule has 26 heavy (non-hydrogen) atoms. The Balaban J connectivity index is 1.51. The Labute approximate surface area is 153 Å². The fraction of sp³-hybridized carbons (Fsp3) is 0.368. The molecule has 1 aliphatic rings. The molecule has 2 aromatic rings. The van der Waals surface area contributed by atoms with E-state index in [1.54, 1.807) is 12.4 Å². The molecule has 4 nitrogen and oxygen atoms in total. The number of nitrogens with zero attached hydrogens (tertiary/aromatic N) is 2. The van der Waals surface area contributed by atoms with Crippen molar-refractivity contribution in [2.24, 2.45) is 5.73 Å². The minimum absolute atomic E-state index is 0.0312. The van der Waals surface area contributed by atoms with Crippen LogP contribution in [0, 0.1) is 11.6 Å². The zero-order valence-corrected chi connectivity index (χ0v) is 15.4. The largest absolute Gasteiger partial charge is 0.326 e. The van der Waals surface area contributed by atoms with E-state index in [9.17, 15) is 13.6 Å². The molecular formula is C19H22F2N3OP. The van der Waals surface area contributed by atoms with Crippen LogP contribution >= 0.6 is 8.73 Å². The van der Waals surface area contributed by atoms with Gasteiger partial charge in [-0.05, 0) is 63.1 Å². The number of hydrogen-bond donors (Lipinski definition) is 1. The fourth-order valence-electron chi connectivity index (χ4n) is 3.21. The van der Waals surface area contributed by atoms with Gasteiger partial charge >= 0.3 is 0 Å². The van der Waals surface area contributed by atoms with E-state index >= 15 is 0 Å². The molecule has 0 bridgehead atoms. The van der Waals surface area contributed by atoms with Crippen LogP contribution in [-0.2, 0) is 11.2 Å². The van der Waals surface area contributed by atoms with Gasteiger partial charge in [0.2, 0.25) is 5.91 Å². The molecule has 0 saturated carbocycles. The highest BCUT2D eigenvalue weighted by atomic mass is 31.1. The molecule has 7 heteroatoms. The highest BCUT2D eigenvalue weighted by Crippen LogP contribution is 2.34. The van der Waals surface area contributed by atoms with Gasteiger partial charge in [-0.25, -0.2) is 8.78 Å². The van der Waals surface area contributed by atoms with Gasteiger partial charge in [0.15, 0.2) is 11.6 Å². The third kappa shape index (κ3) is 4.63. The Morgan fingerprint density at radius 3 is 2.69 bits per heavy atom. The second-order valence-corrected chi connectivity index (χ2v) is 7.88. The normalized spacial score (nSPS) is 20.9. The van der Waals surface area contributed by atoms with Crippen LogP contribution in [0.4, 0.5) is 8.78 Å². The van der Waals surface area contributed by atoms with E-state index in [1.807, 2.05) is 16.8 Å². The van der Waals surface area contributed by atoms with Crippen molar-refractivity contribution in [1.29, 1.82) is 0 Å². The maximum absolute atomic E-state index is 13.5. The average Bonchev–Trinajstić information content (AvgIpc) is 2.64. The first-order valence-corrected chi connectivity index (χ1v) is 9.83. The molecular weight excluding hydrogens is 355 g/mol. The number of hydrogen-bond acceptors (Lipinski definition) is 3. The van der Waals surface area contributed by atoms with Crippen LogP contribution in [0.15, 0.2) is 42.7 Å². The summed E-state index contributed by atoms with van der Waals surface area (Å²) < 4.78 is 28.4. The van der Waals surface area contributed by atoms with Gasteiger partial charge in [0, 0.05) is 37.3 Å². The SMILES string of the molecule is NC1CN(PCCCc2ccncc2)C(=O)CC1c1ccc(F)c(F)c1. The Morgan fingerprint density at radius 1 is 1.19 bits per heavy atom. The molecule has 3 atom stereocenters. The number of carbonyl (C=O) groups is 1. The summed E-state index contributed by atoms with van der Waals surface area (Å²) in [7, 11) is 0.397. The van der Waals surface area contributed by atoms with Crippen molar-refractivity contribution < 1.29 is 13.6 Å². The van der Waals surface area contributed by atoms with Crippen LogP contribution in [0.25, 0.3) is 0 Å². The summed E-state index contributed by atoms with van der Waals surface area (Å²) in [5.41, 5.74) is 8.06. The second-order valence-electron chi connectivity index (χ2n) is 6.52. The Hall–Kier alpha value is -1.91. The zero-order valence-electron chi connectivity index (χ0n) is 14.4. The van der Waals surface area contributed by atoms with E-state index in [1.165, 1.54) is 11.6 Å². The maximum Gasteiger partial charge on any atom is 0.226 e. The number of aryl methyl sites for hydroxylation is 1. The van der Waals surface area contributed by atoms with Gasteiger partial charge in [-0.1, -0.05) is 6.07 Å². The fourth-order valence-corrected chi connectivity index (χ4v) is 4.42. The lowest BCUT2D eigenvalue weighted by atomic mass is 9.86. The van der Waals surface area contributed by atoms with Gasteiger partial charge < -0.3 is 10.4 Å². The number of amides is 1. The minimum atomic E-state index is -0.900. The number of benzene rings is 1. The van der Waals surface area contributed by atoms with E-state index in [2.05, 4.69) is 4.98 Å². The van der Waals surface area contributed by atoms with E-state index in [0.717, 1.165) is 31.1 Å². The Morgan fingerprint density at radius 2 is 1.96 bits per heavy atom. The molecule has 138 valence electrons. The van der Waals surface area contributed by atoms with Gasteiger partial charge in [0.05, 0.1) is 0 Å². The molecule has 0 radical (unpaired) electrons. The minimum Gasteiger partial charge on any atom is -0.326 e. The molecule has 2 N–H and O–H groups in total. The molecule has 2 heterocycles. The first kappa shape index (κ1) is 18.9. The molecule has 1 fully saturated rings. The second kappa shape index (κ2) is 8.65. The van der Waals surface area contributed by atoms with Crippen LogP contribution in [0.3, 0.4) is 0 Å². The van der Waals surface area contributed by atoms with Crippen molar-refractivity contribution in [3.05, 3.63) is 65.5 Å². The third-order valence-corrected chi connectivity index (χ3v) is 6.06. The van der Waals surface area contributed by atoms with Crippen LogP contribution < -0.4 is 5.73 Å². The smallest absolute Gasteiger partial charge is 0.226 e. The molecule has 1 saturated heterocycles. The third-order valence-electron chi connectivity index (χ3n) is 4.67. The van der Waals surface area contributed by atoms with Gasteiger partial charge in [0.1, 0.15) is 0 Å². The number of piperidine rings is 1. The van der Waals surface area contributed by atoms with Gasteiger partial charge in [0.25, 0.3) is 0 Å². The molecule has 3 unspecified atom stereocenters. The summed E-state index contributed by atoms with van der Waals surface area (Å²) in [5.74, 6) is -2.02. The molecule has 3 rings (SSSR count). The summed E-state index contributed by atoms with van der Waals surface area (Å²) in [4.78, 5) is 16.4. The van der Waals surface area contributed by atoms with Crippen molar-refractivity contribution in [3.63, 3.8) is 0 Å². The monoisotopic (exact) mass is 377 g/mol. The van der Waals surface area contributed by atoms with Crippen molar-refractivity contribution >= 4 is 14.6 Å². The summed E-state index contributed by atoms with van der Waals surface area (Å²) in [6, 6.07) is 7.48. The number of carbonyl (C=O) groups excluding carboxylic acids is 1. The van der Waals surface area contributed by atoms with E-state index < -0.39 is 11.6 Å². The number of aromatic nitrogens is 1. The van der Waals surface area contributed by atoms with Crippen molar-refractivity contribution in [2.75, 3.05) is 12.7 Å². The molecule has 0 spiro atoms. The molecule has 1 aromatic heterocycles. The summed E-state index contributed by atoms with van der Waals surface area (Å²) in [6.45, 7) is 0.455. The van der Waals surface area contributed by atoms with E-state index in [4.69, 9.17) is 5.73 Å². The first-order valence-electron chi connectivity index (χ1n) is 8.68. The van der Waals surface area contributed by atoms with Crippen molar-refractivity contribution in [2.45, 2.75) is 31.2 Å². The number of halogens is 2. The van der Waals surface area contributed by atoms with Crippen LogP contribution in [0.5, 0.6) is 0 Å². The molecule has 1 aliphatic heterocycles. The lowest BCUT2D eigenvalue weighted by Crippen LogP contribution is -2.47. The molecule has 1 amide bonds. The van der Waals surface area contributed by atoms with Gasteiger partial charge in [-0.2, -0.15) is 0 Å². The maximum atomic E-state index is 13.5. The van der Waals surface area contributed by atoms with Crippen molar-refractivity contribution in [3.8, 4) is 0 Å². The van der Waals surface area contributed by atoms with E-state index in [0.29, 0.717) is 20.8 Å². The lowest BCUT2D eigenvalue weighted by Gasteiger charge is -2.36. The summed E-state index contributed by atoms with van der Waals surface area (Å²) in [6.07, 6.45) is 6.68. The van der Waals surface area contributed by atoms with Gasteiger partial charge in [-0.15, -0.1) is 0 Å². The number of rotatable bonds is 6. The highest BCUT2D eigenvalue weighted by molar-refractivity contribution is 7.36. The number of nitrogens with two attached hydrogens (primary N) is 1. The predicted molar refractivity (Wildman–Crippen MR) is 99.1 cm³/mol. The number of pyridine rings is 1. The van der Waals surface area contributed by atoms with Crippen LogP contribution in [-0.4, -0.2) is 34.3 Å². The summed E-state index contributed by atoms with van der Waals surface area (Å²) in [5, 5.41) is 0. The predicted octanol–water partition coefficient (Wildman–Crippen LogP) is 3.23. The van der Waals surface area contributed by atoms with E-state index in [-0.39, 0.29) is 24.3 Å². The summed E-state index contributed by atoms with van der Waals surface area (Å²) >= 11 is 0. The zero-order chi connectivity index (χ0) is 18.5. The molecule has 0 aliphatic carbocycles. The Bertz CT molecular complexity index is 760. The molecule has 1 aromatic carbocycles. The first-order chi connectivity index (χ1) is 12.5. The highest BCUT2D eigenvalue weighted by Gasteiger charge is 2.33.